The zero-order valence-electron chi connectivity index (χ0n) is 6.99. The van der Waals surface area contributed by atoms with E-state index >= 15 is 0 Å². The minimum Gasteiger partial charge on any atom is -0.231 e. The number of hydrogen-bond donors (Lipinski definition) is 0. The summed E-state index contributed by atoms with van der Waals surface area (Å²) in [7, 11) is -1.63. The van der Waals surface area contributed by atoms with Crippen LogP contribution in [0.4, 0.5) is 0 Å². The molecule has 0 fully saturated rings. The van der Waals surface area contributed by atoms with Crippen LogP contribution in [0.5, 0.6) is 0 Å². The van der Waals surface area contributed by atoms with Gasteiger partial charge in [0.15, 0.2) is 0 Å². The van der Waals surface area contributed by atoms with Crippen molar-refractivity contribution in [1.82, 2.24) is 0 Å². The summed E-state index contributed by atoms with van der Waals surface area (Å²) in [6.45, 7) is 9.60. The summed E-state index contributed by atoms with van der Waals surface area (Å²) in [6.07, 6.45) is 2.85. The fraction of sp³-hybridized carbons (Fsp3) is 0. The molecule has 0 rings (SSSR count). The Bertz CT molecular complexity index is 244. The first-order valence-corrected chi connectivity index (χ1v) is 4.54. The van der Waals surface area contributed by atoms with E-state index in [1.54, 1.807) is 0 Å². The van der Waals surface area contributed by atoms with Crippen LogP contribution in [0.1, 0.15) is 0 Å². The minimum atomic E-state index is -1.63. The highest BCUT2D eigenvalue weighted by atomic mass is 32.2. The van der Waals surface area contributed by atoms with Crippen molar-refractivity contribution >= 4 is 26.2 Å². The summed E-state index contributed by atoms with van der Waals surface area (Å²) in [4.78, 5) is 33.2. The Labute approximate surface area is 79.2 Å². The van der Waals surface area contributed by atoms with Crippen molar-refractivity contribution in [2.24, 2.45) is 0 Å². The van der Waals surface area contributed by atoms with Gasteiger partial charge in [-0.15, -0.1) is 0 Å². The molecule has 0 radical (unpaired) electrons. The Morgan fingerprint density at radius 2 is 1.00 bits per heavy atom. The van der Waals surface area contributed by atoms with Gasteiger partial charge in [-0.05, 0) is 0 Å². The largest absolute Gasteiger partial charge is 0.372 e. The van der Waals surface area contributed by atoms with Crippen LogP contribution in [0.25, 0.3) is 0 Å². The molecule has 0 heterocycles. The van der Waals surface area contributed by atoms with Crippen molar-refractivity contribution < 1.29 is 14.4 Å². The van der Waals surface area contributed by atoms with Crippen LogP contribution in [0.3, 0.4) is 0 Å². The highest BCUT2D eigenvalue weighted by Crippen LogP contribution is 2.04. The first kappa shape index (κ1) is 11.6. The fourth-order valence-electron chi connectivity index (χ4n) is 0.547. The fourth-order valence-corrected chi connectivity index (χ4v) is 1.64. The normalized spacial score (nSPS) is 9.00. The Balaban J connectivity index is 4.95. The van der Waals surface area contributed by atoms with Gasteiger partial charge >= 0.3 is 15.3 Å². The second-order valence-electron chi connectivity index (χ2n) is 1.88. The zero-order chi connectivity index (χ0) is 10.4. The number of hydrogen-bond acceptors (Lipinski definition) is 3. The van der Waals surface area contributed by atoms with Gasteiger partial charge in [-0.3, -0.25) is 0 Å². The minimum absolute atomic E-state index is 0.602. The molecule has 0 N–H and O–H groups in total. The van der Waals surface area contributed by atoms with Crippen LogP contribution in [-0.2, 0) is 25.3 Å². The lowest BCUT2D eigenvalue weighted by Crippen LogP contribution is -2.28. The topological polar surface area (TPSA) is 51.2 Å². The molecule has 3 nitrogen and oxygen atoms in total. The molecule has 0 bridgehead atoms. The number of carbonyl (C=O) groups excluding carboxylic acids is 3. The molecule has 0 aromatic rings. The third-order valence-electron chi connectivity index (χ3n) is 1.10. The van der Waals surface area contributed by atoms with Crippen LogP contribution in [0.15, 0.2) is 38.0 Å². The van der Waals surface area contributed by atoms with Gasteiger partial charge in [-0.1, -0.05) is 19.7 Å². The summed E-state index contributed by atoms with van der Waals surface area (Å²) >= 11 is 0. The van der Waals surface area contributed by atoms with Crippen molar-refractivity contribution in [3.05, 3.63) is 38.0 Å². The Kier molecular flexibility index (Phi) is 4.69. The number of carbonyl (C=O) groups is 3. The van der Waals surface area contributed by atoms with Crippen LogP contribution in [-0.4, -0.2) is 15.3 Å². The lowest BCUT2D eigenvalue weighted by molar-refractivity contribution is -0.111. The molecule has 0 aromatic carbocycles. The second kappa shape index (κ2) is 5.27. The van der Waals surface area contributed by atoms with Gasteiger partial charge in [-0.25, -0.2) is 14.4 Å². The maximum Gasteiger partial charge on any atom is 0.372 e. The Hall–Kier alpha value is -1.42. The summed E-state index contributed by atoms with van der Waals surface area (Å²) in [5, 5.41) is -1.81. The molecule has 0 aliphatic rings. The van der Waals surface area contributed by atoms with E-state index in [0.29, 0.717) is 0 Å². The predicted octanol–water partition coefficient (Wildman–Crippen LogP) is 0.742. The average Bonchev–Trinajstić information content (AvgIpc) is 2.16. The first-order chi connectivity index (χ1) is 6.08. The quantitative estimate of drug-likeness (QED) is 0.495. The molecule has 0 aliphatic heterocycles. The lowest BCUT2D eigenvalue weighted by atomic mass is 10.7. The molecule has 0 aromatic heterocycles. The van der Waals surface area contributed by atoms with Crippen LogP contribution in [0, 0.1) is 0 Å². The SMILES string of the molecule is C=CC(=O)[S+](C(=O)C=C)C(=O)C=C. The van der Waals surface area contributed by atoms with E-state index in [9.17, 15) is 14.4 Å². The maximum atomic E-state index is 11.1. The summed E-state index contributed by atoms with van der Waals surface area (Å²) < 4.78 is 0. The first-order valence-electron chi connectivity index (χ1n) is 3.32. The van der Waals surface area contributed by atoms with Gasteiger partial charge in [0, 0.05) is 18.2 Å². The van der Waals surface area contributed by atoms with E-state index < -0.39 is 26.2 Å². The monoisotopic (exact) mass is 197 g/mol. The Morgan fingerprint density at radius 1 is 0.769 bits per heavy atom. The van der Waals surface area contributed by atoms with Crippen LogP contribution >= 0.6 is 0 Å². The molecule has 0 atom stereocenters. The molecular weight excluding hydrogens is 188 g/mol. The van der Waals surface area contributed by atoms with Crippen molar-refractivity contribution in [1.29, 1.82) is 0 Å². The molecule has 4 heteroatoms. The van der Waals surface area contributed by atoms with E-state index in [-0.39, 0.29) is 0 Å². The third kappa shape index (κ3) is 2.83. The molecule has 0 aliphatic carbocycles. The van der Waals surface area contributed by atoms with E-state index in [1.165, 1.54) is 0 Å². The van der Waals surface area contributed by atoms with E-state index in [4.69, 9.17) is 0 Å². The van der Waals surface area contributed by atoms with Crippen molar-refractivity contribution in [2.75, 3.05) is 0 Å². The smallest absolute Gasteiger partial charge is 0.231 e. The predicted molar refractivity (Wildman–Crippen MR) is 53.0 cm³/mol. The molecule has 0 unspecified atom stereocenters. The third-order valence-corrected chi connectivity index (χ3v) is 2.81. The summed E-state index contributed by atoms with van der Waals surface area (Å²) in [5.74, 6) is 0. The van der Waals surface area contributed by atoms with Gasteiger partial charge in [0.25, 0.3) is 0 Å². The molecule has 0 spiro atoms. The van der Waals surface area contributed by atoms with Crippen LogP contribution in [0.2, 0.25) is 0 Å². The lowest BCUT2D eigenvalue weighted by Gasteiger charge is -1.92. The zero-order valence-corrected chi connectivity index (χ0v) is 7.80. The van der Waals surface area contributed by atoms with Crippen molar-refractivity contribution in [3.8, 4) is 0 Å². The second-order valence-corrected chi connectivity index (χ2v) is 3.70. The number of rotatable bonds is 3. The van der Waals surface area contributed by atoms with Crippen molar-refractivity contribution in [3.63, 3.8) is 0 Å². The maximum absolute atomic E-state index is 11.1. The van der Waals surface area contributed by atoms with E-state index in [0.717, 1.165) is 18.2 Å². The van der Waals surface area contributed by atoms with E-state index in [2.05, 4.69) is 19.7 Å². The molecule has 0 saturated heterocycles. The van der Waals surface area contributed by atoms with Gasteiger partial charge < -0.3 is 0 Å². The summed E-state index contributed by atoms with van der Waals surface area (Å²) in [6, 6.07) is 0. The van der Waals surface area contributed by atoms with Gasteiger partial charge in [0.05, 0.1) is 0 Å². The molecule has 68 valence electrons. The van der Waals surface area contributed by atoms with Crippen LogP contribution < -0.4 is 0 Å². The highest BCUT2D eigenvalue weighted by Gasteiger charge is 2.41. The molecule has 0 saturated carbocycles. The summed E-state index contributed by atoms with van der Waals surface area (Å²) in [5.41, 5.74) is 0. The van der Waals surface area contributed by atoms with Gasteiger partial charge in [-0.2, -0.15) is 0 Å². The Morgan fingerprint density at radius 3 is 1.15 bits per heavy atom. The molecular formula is C9H9O3S+. The van der Waals surface area contributed by atoms with Gasteiger partial charge in [0.1, 0.15) is 0 Å². The van der Waals surface area contributed by atoms with Gasteiger partial charge in [0.2, 0.25) is 10.9 Å². The average molecular weight is 197 g/mol. The highest BCUT2D eigenvalue weighted by molar-refractivity contribution is 8.35. The van der Waals surface area contributed by atoms with E-state index in [1.807, 2.05) is 0 Å². The van der Waals surface area contributed by atoms with Crippen molar-refractivity contribution in [2.45, 2.75) is 0 Å². The molecule has 0 amide bonds. The standard InChI is InChI=1S/C9H9O3S/c1-4-7(10)13(8(11)5-2)9(12)6-3/h4-6H,1-3H2/q+1. The molecule has 13 heavy (non-hydrogen) atoms.